The van der Waals surface area contributed by atoms with Crippen LogP contribution in [0.4, 0.5) is 5.82 Å². The Balaban J connectivity index is 2.30. The minimum absolute atomic E-state index is 0.364. The van der Waals surface area contributed by atoms with Crippen LogP contribution in [0.1, 0.15) is 29.7 Å². The number of rotatable bonds is 2. The average Bonchev–Trinajstić information content (AvgIpc) is 2.55. The van der Waals surface area contributed by atoms with Crippen molar-refractivity contribution in [1.82, 2.24) is 4.98 Å². The van der Waals surface area contributed by atoms with E-state index in [1.165, 1.54) is 0 Å². The molecule has 0 spiro atoms. The van der Waals surface area contributed by atoms with E-state index in [9.17, 15) is 5.26 Å². The second-order valence-corrected chi connectivity index (χ2v) is 6.11. The zero-order chi connectivity index (χ0) is 15.5. The maximum atomic E-state index is 9.59. The zero-order valence-electron chi connectivity index (χ0n) is 11.9. The average molecular weight is 353 g/mol. The van der Waals surface area contributed by atoms with Gasteiger partial charge in [0, 0.05) is 15.7 Å². The first-order chi connectivity index (χ1) is 10.7. The third-order valence-electron chi connectivity index (χ3n) is 3.89. The van der Waals surface area contributed by atoms with E-state index in [0.717, 1.165) is 52.5 Å². The van der Waals surface area contributed by atoms with Crippen molar-refractivity contribution in [1.29, 1.82) is 10.5 Å². The van der Waals surface area contributed by atoms with E-state index in [0.29, 0.717) is 11.4 Å². The Morgan fingerprint density at radius 3 is 2.50 bits per heavy atom. The molecule has 4 nitrogen and oxygen atoms in total. The minimum atomic E-state index is 0.364. The monoisotopic (exact) mass is 352 g/mol. The van der Waals surface area contributed by atoms with Crippen molar-refractivity contribution in [3.05, 3.63) is 45.6 Å². The molecule has 0 radical (unpaired) electrons. The molecular formula is C17H13BrN4. The second kappa shape index (κ2) is 6.17. The van der Waals surface area contributed by atoms with Gasteiger partial charge in [-0.15, -0.1) is 0 Å². The molecule has 1 aromatic carbocycles. The van der Waals surface area contributed by atoms with E-state index in [1.807, 2.05) is 30.5 Å². The summed E-state index contributed by atoms with van der Waals surface area (Å²) in [5, 5.41) is 21.1. The van der Waals surface area contributed by atoms with Crippen molar-refractivity contribution in [2.24, 2.45) is 0 Å². The predicted molar refractivity (Wildman–Crippen MR) is 88.0 cm³/mol. The minimum Gasteiger partial charge on any atom is -0.276 e. The van der Waals surface area contributed by atoms with Crippen LogP contribution in [-0.4, -0.2) is 4.98 Å². The summed E-state index contributed by atoms with van der Waals surface area (Å²) in [4.78, 5) is 4.51. The topological polar surface area (TPSA) is 72.5 Å². The maximum absolute atomic E-state index is 9.59. The highest BCUT2D eigenvalue weighted by molar-refractivity contribution is 9.10. The van der Waals surface area contributed by atoms with Crippen molar-refractivity contribution in [2.45, 2.75) is 25.7 Å². The lowest BCUT2D eigenvalue weighted by molar-refractivity contribution is 0.669. The number of nitriles is 2. The van der Waals surface area contributed by atoms with Gasteiger partial charge in [0.1, 0.15) is 11.6 Å². The molecule has 1 aromatic heterocycles. The molecule has 0 saturated heterocycles. The number of aromatic nitrogens is 1. The molecule has 0 unspecified atom stereocenters. The Hall–Kier alpha value is -2.37. The Morgan fingerprint density at radius 2 is 1.82 bits per heavy atom. The Morgan fingerprint density at radius 1 is 1.09 bits per heavy atom. The second-order valence-electron chi connectivity index (χ2n) is 5.20. The van der Waals surface area contributed by atoms with Gasteiger partial charge in [-0.25, -0.2) is 4.98 Å². The van der Waals surface area contributed by atoms with Crippen LogP contribution in [0.15, 0.2) is 28.7 Å². The number of nitrogens with one attached hydrogen (secondary N) is 1. The molecule has 5 heteroatoms. The fourth-order valence-corrected chi connectivity index (χ4v) is 3.19. The SMILES string of the molecule is N#CNc1nc2c(c(-c3ccc(Br)cc3)c1C#N)CCCC2. The van der Waals surface area contributed by atoms with E-state index in [-0.39, 0.29) is 0 Å². The number of halogens is 1. The number of benzene rings is 1. The quantitative estimate of drug-likeness (QED) is 0.650. The van der Waals surface area contributed by atoms with Crippen LogP contribution in [0.2, 0.25) is 0 Å². The summed E-state index contributed by atoms with van der Waals surface area (Å²) in [6.07, 6.45) is 5.90. The molecule has 0 fully saturated rings. The van der Waals surface area contributed by atoms with E-state index < -0.39 is 0 Å². The molecule has 1 heterocycles. The summed E-state index contributed by atoms with van der Waals surface area (Å²) in [5.74, 6) is 0.364. The molecule has 1 aliphatic rings. The predicted octanol–water partition coefficient (Wildman–Crippen LogP) is 4.15. The van der Waals surface area contributed by atoms with Crippen LogP contribution in [0.5, 0.6) is 0 Å². The molecule has 0 amide bonds. The number of pyridine rings is 1. The Bertz CT molecular complexity index is 797. The molecule has 1 N–H and O–H groups in total. The number of hydrogen-bond acceptors (Lipinski definition) is 4. The van der Waals surface area contributed by atoms with Crippen LogP contribution >= 0.6 is 15.9 Å². The molecule has 0 aliphatic heterocycles. The van der Waals surface area contributed by atoms with Gasteiger partial charge in [-0.2, -0.15) is 10.5 Å². The molecule has 1 aliphatic carbocycles. The van der Waals surface area contributed by atoms with Crippen molar-refractivity contribution in [2.75, 3.05) is 5.32 Å². The van der Waals surface area contributed by atoms with Gasteiger partial charge in [-0.05, 0) is 48.9 Å². The molecule has 22 heavy (non-hydrogen) atoms. The molecule has 0 bridgehead atoms. The smallest absolute Gasteiger partial charge is 0.182 e. The van der Waals surface area contributed by atoms with Crippen molar-refractivity contribution in [3.8, 4) is 23.4 Å². The highest BCUT2D eigenvalue weighted by Crippen LogP contribution is 2.36. The standard InChI is InChI=1S/C17H13BrN4/c18-12-7-5-11(6-8-12)16-13-3-1-2-4-15(13)22-17(21-10-20)14(16)9-19/h5-8H,1-4H2,(H,21,22). The van der Waals surface area contributed by atoms with Crippen molar-refractivity contribution < 1.29 is 0 Å². The van der Waals surface area contributed by atoms with Gasteiger partial charge >= 0.3 is 0 Å². The Labute approximate surface area is 137 Å². The molecule has 108 valence electrons. The fraction of sp³-hybridized carbons (Fsp3) is 0.235. The fourth-order valence-electron chi connectivity index (χ4n) is 2.93. The largest absolute Gasteiger partial charge is 0.276 e. The normalized spacial score (nSPS) is 12.9. The van der Waals surface area contributed by atoms with E-state index in [4.69, 9.17) is 5.26 Å². The van der Waals surface area contributed by atoms with Gasteiger partial charge in [-0.1, -0.05) is 28.1 Å². The van der Waals surface area contributed by atoms with E-state index in [2.05, 4.69) is 32.3 Å². The van der Waals surface area contributed by atoms with Crippen LogP contribution in [0.25, 0.3) is 11.1 Å². The highest BCUT2D eigenvalue weighted by Gasteiger charge is 2.22. The van der Waals surface area contributed by atoms with E-state index >= 15 is 0 Å². The number of anilines is 1. The first-order valence-electron chi connectivity index (χ1n) is 7.11. The third kappa shape index (κ3) is 2.56. The van der Waals surface area contributed by atoms with Crippen LogP contribution in [0, 0.1) is 22.8 Å². The van der Waals surface area contributed by atoms with Crippen LogP contribution in [-0.2, 0) is 12.8 Å². The van der Waals surface area contributed by atoms with Gasteiger partial charge in [0.25, 0.3) is 0 Å². The van der Waals surface area contributed by atoms with Crippen LogP contribution < -0.4 is 5.32 Å². The number of nitrogens with zero attached hydrogens (tertiary/aromatic N) is 3. The third-order valence-corrected chi connectivity index (χ3v) is 4.42. The number of hydrogen-bond donors (Lipinski definition) is 1. The molecular weight excluding hydrogens is 340 g/mol. The molecule has 3 rings (SSSR count). The summed E-state index contributed by atoms with van der Waals surface area (Å²) in [6.45, 7) is 0. The molecule has 0 saturated carbocycles. The number of fused-ring (bicyclic) bond motifs is 1. The summed E-state index contributed by atoms with van der Waals surface area (Å²) >= 11 is 3.44. The van der Waals surface area contributed by atoms with Crippen LogP contribution in [0.3, 0.4) is 0 Å². The molecule has 2 aromatic rings. The first kappa shape index (κ1) is 14.6. The lowest BCUT2D eigenvalue weighted by Crippen LogP contribution is -2.11. The highest BCUT2D eigenvalue weighted by atomic mass is 79.9. The summed E-state index contributed by atoms with van der Waals surface area (Å²) in [7, 11) is 0. The summed E-state index contributed by atoms with van der Waals surface area (Å²) in [6, 6.07) is 10.1. The molecule has 0 atom stereocenters. The van der Waals surface area contributed by atoms with Gasteiger partial charge < -0.3 is 0 Å². The zero-order valence-corrected chi connectivity index (χ0v) is 13.4. The van der Waals surface area contributed by atoms with Gasteiger partial charge in [0.05, 0.1) is 0 Å². The number of aryl methyl sites for hydroxylation is 1. The first-order valence-corrected chi connectivity index (χ1v) is 7.90. The van der Waals surface area contributed by atoms with Gasteiger partial charge in [-0.3, -0.25) is 5.32 Å². The maximum Gasteiger partial charge on any atom is 0.182 e. The summed E-state index contributed by atoms with van der Waals surface area (Å²) < 4.78 is 0.994. The summed E-state index contributed by atoms with van der Waals surface area (Å²) in [5.41, 5.74) is 4.50. The van der Waals surface area contributed by atoms with E-state index in [1.54, 1.807) is 0 Å². The lowest BCUT2D eigenvalue weighted by atomic mass is 9.86. The lowest BCUT2D eigenvalue weighted by Gasteiger charge is -2.21. The van der Waals surface area contributed by atoms with Gasteiger partial charge in [0.2, 0.25) is 0 Å². The van der Waals surface area contributed by atoms with Gasteiger partial charge in [0.15, 0.2) is 12.0 Å². The Kier molecular flexibility index (Phi) is 4.09. The van der Waals surface area contributed by atoms with Crippen molar-refractivity contribution in [3.63, 3.8) is 0 Å². The van der Waals surface area contributed by atoms with Crippen molar-refractivity contribution >= 4 is 21.7 Å².